The van der Waals surface area contributed by atoms with Crippen molar-refractivity contribution in [3.63, 3.8) is 0 Å². The third-order valence-corrected chi connectivity index (χ3v) is 5.66. The monoisotopic (exact) mass is 335 g/mol. The highest BCUT2D eigenvalue weighted by Crippen LogP contribution is 2.20. The van der Waals surface area contributed by atoms with Gasteiger partial charge in [0.2, 0.25) is 5.89 Å². The summed E-state index contributed by atoms with van der Waals surface area (Å²) in [6.07, 6.45) is 2.79. The van der Waals surface area contributed by atoms with Gasteiger partial charge >= 0.3 is 0 Å². The standard InChI is InChI=1S/C14H13N3O3S2/c1-10-15-8-13(21-10)22(18,19)16-7-12-9-20-14(17-12)11-5-3-2-4-6-11/h2-6,8-9,16H,7H2,1H3. The lowest BCUT2D eigenvalue weighted by molar-refractivity contribution is 0.570. The number of sulfonamides is 1. The molecule has 22 heavy (non-hydrogen) atoms. The van der Waals surface area contributed by atoms with Crippen molar-refractivity contribution in [2.75, 3.05) is 0 Å². The van der Waals surface area contributed by atoms with E-state index >= 15 is 0 Å². The molecule has 0 aliphatic rings. The second kappa shape index (κ2) is 5.99. The van der Waals surface area contributed by atoms with Gasteiger partial charge in [0.25, 0.3) is 10.0 Å². The highest BCUT2D eigenvalue weighted by molar-refractivity contribution is 7.91. The Morgan fingerprint density at radius 2 is 2.05 bits per heavy atom. The summed E-state index contributed by atoms with van der Waals surface area (Å²) < 4.78 is 32.2. The highest BCUT2D eigenvalue weighted by atomic mass is 32.2. The predicted molar refractivity (Wildman–Crippen MR) is 82.8 cm³/mol. The number of aromatic nitrogens is 2. The largest absolute Gasteiger partial charge is 0.444 e. The van der Waals surface area contributed by atoms with Crippen molar-refractivity contribution in [3.05, 3.63) is 53.5 Å². The van der Waals surface area contributed by atoms with Crippen LogP contribution in [0.2, 0.25) is 0 Å². The molecule has 0 aliphatic heterocycles. The Bertz CT molecular complexity index is 870. The van der Waals surface area contributed by atoms with Gasteiger partial charge in [-0.15, -0.1) is 11.3 Å². The van der Waals surface area contributed by atoms with Crippen LogP contribution in [0.25, 0.3) is 11.5 Å². The number of aryl methyl sites for hydroxylation is 1. The van der Waals surface area contributed by atoms with Gasteiger partial charge in [0, 0.05) is 5.56 Å². The van der Waals surface area contributed by atoms with Gasteiger partial charge in [-0.25, -0.2) is 23.1 Å². The molecule has 3 rings (SSSR count). The lowest BCUT2D eigenvalue weighted by Crippen LogP contribution is -2.22. The maximum Gasteiger partial charge on any atom is 0.252 e. The van der Waals surface area contributed by atoms with Crippen molar-refractivity contribution >= 4 is 21.4 Å². The van der Waals surface area contributed by atoms with Crippen LogP contribution in [0.15, 0.2) is 51.4 Å². The Balaban J connectivity index is 1.71. The molecule has 2 aromatic heterocycles. The van der Waals surface area contributed by atoms with Gasteiger partial charge in [0.05, 0.1) is 23.4 Å². The van der Waals surface area contributed by atoms with Crippen molar-refractivity contribution < 1.29 is 12.8 Å². The molecule has 114 valence electrons. The summed E-state index contributed by atoms with van der Waals surface area (Å²) in [7, 11) is -3.57. The smallest absolute Gasteiger partial charge is 0.252 e. The number of oxazole rings is 1. The van der Waals surface area contributed by atoms with E-state index in [1.807, 2.05) is 30.3 Å². The first-order valence-corrected chi connectivity index (χ1v) is 8.76. The van der Waals surface area contributed by atoms with Gasteiger partial charge < -0.3 is 4.42 Å². The molecule has 0 unspecified atom stereocenters. The number of thiazole rings is 1. The van der Waals surface area contributed by atoms with E-state index in [2.05, 4.69) is 14.7 Å². The van der Waals surface area contributed by atoms with Gasteiger partial charge in [0.1, 0.15) is 6.26 Å². The summed E-state index contributed by atoms with van der Waals surface area (Å²) in [5.74, 6) is 0.462. The topological polar surface area (TPSA) is 85.1 Å². The van der Waals surface area contributed by atoms with E-state index in [-0.39, 0.29) is 10.8 Å². The number of hydrogen-bond acceptors (Lipinski definition) is 6. The zero-order chi connectivity index (χ0) is 15.6. The molecule has 8 heteroatoms. The molecule has 0 radical (unpaired) electrons. The fourth-order valence-corrected chi connectivity index (χ4v) is 3.96. The summed E-state index contributed by atoms with van der Waals surface area (Å²) in [5.41, 5.74) is 1.36. The van der Waals surface area contributed by atoms with E-state index in [1.165, 1.54) is 12.5 Å². The van der Waals surface area contributed by atoms with Gasteiger partial charge in [-0.1, -0.05) is 18.2 Å². The second-order valence-electron chi connectivity index (χ2n) is 4.53. The first kappa shape index (κ1) is 14.9. The Hall–Kier alpha value is -2.03. The third-order valence-electron chi connectivity index (χ3n) is 2.88. The molecule has 3 aromatic rings. The molecule has 0 bridgehead atoms. The summed E-state index contributed by atoms with van der Waals surface area (Å²) in [5, 5.41) is 0.702. The fourth-order valence-electron chi connectivity index (χ4n) is 1.81. The van der Waals surface area contributed by atoms with Gasteiger partial charge in [0.15, 0.2) is 4.21 Å². The average Bonchev–Trinajstić information content (AvgIpc) is 3.15. The quantitative estimate of drug-likeness (QED) is 0.774. The molecule has 1 N–H and O–H groups in total. The summed E-state index contributed by atoms with van der Waals surface area (Å²) >= 11 is 1.13. The number of nitrogens with one attached hydrogen (secondary N) is 1. The van der Waals surface area contributed by atoms with Crippen LogP contribution in [0.3, 0.4) is 0 Å². The van der Waals surface area contributed by atoms with Crippen LogP contribution in [0.4, 0.5) is 0 Å². The molecule has 0 saturated heterocycles. The van der Waals surface area contributed by atoms with Crippen molar-refractivity contribution in [2.45, 2.75) is 17.7 Å². The average molecular weight is 335 g/mol. The molecule has 0 saturated carbocycles. The van der Waals surface area contributed by atoms with E-state index < -0.39 is 10.0 Å². The molecular weight excluding hydrogens is 322 g/mol. The zero-order valence-corrected chi connectivity index (χ0v) is 13.3. The SMILES string of the molecule is Cc1ncc(S(=O)(=O)NCc2coc(-c3ccccc3)n2)s1. The number of nitrogens with zero attached hydrogens (tertiary/aromatic N) is 2. The van der Waals surface area contributed by atoms with Crippen molar-refractivity contribution in [1.82, 2.24) is 14.7 Å². The van der Waals surface area contributed by atoms with Crippen LogP contribution >= 0.6 is 11.3 Å². The maximum absolute atomic E-state index is 12.1. The summed E-state index contributed by atoms with van der Waals surface area (Å²) in [6, 6.07) is 9.42. The minimum absolute atomic E-state index is 0.0651. The molecule has 2 heterocycles. The molecule has 0 amide bonds. The maximum atomic E-state index is 12.1. The van der Waals surface area contributed by atoms with Crippen molar-refractivity contribution in [3.8, 4) is 11.5 Å². The predicted octanol–water partition coefficient (Wildman–Crippen LogP) is 2.59. The number of benzene rings is 1. The van der Waals surface area contributed by atoms with E-state index in [1.54, 1.807) is 6.92 Å². The van der Waals surface area contributed by atoms with E-state index in [9.17, 15) is 8.42 Å². The molecule has 0 aliphatic carbocycles. The molecule has 0 fully saturated rings. The first-order chi connectivity index (χ1) is 10.5. The van der Waals surface area contributed by atoms with Gasteiger partial charge in [-0.3, -0.25) is 0 Å². The van der Waals surface area contributed by atoms with Gasteiger partial charge in [-0.05, 0) is 19.1 Å². The second-order valence-corrected chi connectivity index (χ2v) is 7.76. The highest BCUT2D eigenvalue weighted by Gasteiger charge is 2.17. The van der Waals surface area contributed by atoms with E-state index in [0.29, 0.717) is 16.6 Å². The molecular formula is C14H13N3O3S2. The Labute approximate surface area is 131 Å². The third kappa shape index (κ3) is 3.24. The fraction of sp³-hybridized carbons (Fsp3) is 0.143. The minimum Gasteiger partial charge on any atom is -0.444 e. The zero-order valence-electron chi connectivity index (χ0n) is 11.7. The van der Waals surface area contributed by atoms with Gasteiger partial charge in [-0.2, -0.15) is 0 Å². The Morgan fingerprint density at radius 1 is 1.27 bits per heavy atom. The van der Waals surface area contributed by atoms with Crippen LogP contribution in [-0.2, 0) is 16.6 Å². The van der Waals surface area contributed by atoms with Crippen LogP contribution in [0, 0.1) is 6.92 Å². The minimum atomic E-state index is -3.57. The summed E-state index contributed by atoms with van der Waals surface area (Å²) in [4.78, 5) is 8.22. The lowest BCUT2D eigenvalue weighted by atomic mass is 10.2. The molecule has 0 atom stereocenters. The van der Waals surface area contributed by atoms with Crippen LogP contribution in [0.1, 0.15) is 10.7 Å². The lowest BCUT2D eigenvalue weighted by Gasteiger charge is -2.01. The summed E-state index contributed by atoms with van der Waals surface area (Å²) in [6.45, 7) is 1.82. The Kier molecular flexibility index (Phi) is 4.06. The number of rotatable bonds is 5. The Morgan fingerprint density at radius 3 is 2.73 bits per heavy atom. The normalized spacial score (nSPS) is 11.7. The first-order valence-electron chi connectivity index (χ1n) is 6.46. The van der Waals surface area contributed by atoms with E-state index in [4.69, 9.17) is 4.42 Å². The van der Waals surface area contributed by atoms with Crippen molar-refractivity contribution in [2.24, 2.45) is 0 Å². The molecule has 6 nitrogen and oxygen atoms in total. The van der Waals surface area contributed by atoms with Crippen molar-refractivity contribution in [1.29, 1.82) is 0 Å². The number of hydrogen-bond donors (Lipinski definition) is 1. The molecule has 1 aromatic carbocycles. The van der Waals surface area contributed by atoms with E-state index in [0.717, 1.165) is 16.9 Å². The van der Waals surface area contributed by atoms with Crippen LogP contribution in [-0.4, -0.2) is 18.4 Å². The van der Waals surface area contributed by atoms with Crippen LogP contribution in [0.5, 0.6) is 0 Å². The molecule has 0 spiro atoms. The van der Waals surface area contributed by atoms with Crippen LogP contribution < -0.4 is 4.72 Å².